The fourth-order valence-electron chi connectivity index (χ4n) is 1.25. The topological polar surface area (TPSA) is 89.3 Å². The highest BCUT2D eigenvalue weighted by atomic mass is 35.5. The Bertz CT molecular complexity index is 546. The molecule has 0 aliphatic carbocycles. The van der Waals surface area contributed by atoms with Crippen molar-refractivity contribution in [1.29, 1.82) is 0 Å². The third-order valence-corrected chi connectivity index (χ3v) is 5.44. The van der Waals surface area contributed by atoms with Crippen LogP contribution in [0.5, 0.6) is 0 Å². The van der Waals surface area contributed by atoms with E-state index in [0.29, 0.717) is 11.4 Å². The van der Waals surface area contributed by atoms with Crippen LogP contribution in [-0.2, 0) is 20.8 Å². The molecule has 1 atom stereocenters. The number of hydrogen-bond acceptors (Lipinski definition) is 4. The maximum Gasteiger partial charge on any atom is 0.242 e. The standard InChI is InChI=1S/C10H15ClN2O3S2/c1-2-17(14)6-5-13-18(15,16)10-4-3-8(12)7-9(10)11/h3-4,7,13H,2,5-6,12H2,1H3. The minimum Gasteiger partial charge on any atom is -0.399 e. The van der Waals surface area contributed by atoms with Crippen LogP contribution >= 0.6 is 11.6 Å². The summed E-state index contributed by atoms with van der Waals surface area (Å²) in [6, 6.07) is 4.18. The van der Waals surface area contributed by atoms with E-state index in [-0.39, 0.29) is 22.2 Å². The Balaban J connectivity index is 2.77. The Hall–Kier alpha value is -0.630. The molecular formula is C10H15ClN2O3S2. The van der Waals surface area contributed by atoms with Gasteiger partial charge in [0.1, 0.15) is 4.90 Å². The molecule has 0 spiro atoms. The number of nitrogens with one attached hydrogen (secondary N) is 1. The van der Waals surface area contributed by atoms with E-state index in [9.17, 15) is 12.6 Å². The molecule has 0 aliphatic heterocycles. The minimum absolute atomic E-state index is 0.0272. The molecule has 0 heterocycles. The van der Waals surface area contributed by atoms with E-state index in [1.165, 1.54) is 18.2 Å². The molecule has 0 saturated heterocycles. The van der Waals surface area contributed by atoms with Gasteiger partial charge in [0.25, 0.3) is 0 Å². The van der Waals surface area contributed by atoms with E-state index in [0.717, 1.165) is 0 Å². The second kappa shape index (κ2) is 6.51. The third-order valence-electron chi connectivity index (χ3n) is 2.19. The van der Waals surface area contributed by atoms with Gasteiger partial charge >= 0.3 is 0 Å². The zero-order valence-electron chi connectivity index (χ0n) is 9.85. The smallest absolute Gasteiger partial charge is 0.242 e. The summed E-state index contributed by atoms with van der Waals surface area (Å²) in [6.07, 6.45) is 0. The van der Waals surface area contributed by atoms with E-state index in [4.69, 9.17) is 17.3 Å². The van der Waals surface area contributed by atoms with Crippen LogP contribution in [0.15, 0.2) is 23.1 Å². The molecule has 1 rings (SSSR count). The number of nitrogens with two attached hydrogens (primary N) is 1. The number of nitrogen functional groups attached to an aromatic ring is 1. The molecule has 18 heavy (non-hydrogen) atoms. The number of anilines is 1. The maximum atomic E-state index is 11.9. The van der Waals surface area contributed by atoms with Gasteiger partial charge in [0.05, 0.1) is 5.02 Å². The zero-order chi connectivity index (χ0) is 13.8. The average Bonchev–Trinajstić information content (AvgIpc) is 2.27. The fourth-order valence-corrected chi connectivity index (χ4v) is 3.58. The molecule has 8 heteroatoms. The van der Waals surface area contributed by atoms with Crippen molar-refractivity contribution in [3.05, 3.63) is 23.2 Å². The lowest BCUT2D eigenvalue weighted by atomic mass is 10.3. The van der Waals surface area contributed by atoms with Crippen molar-refractivity contribution in [2.24, 2.45) is 0 Å². The van der Waals surface area contributed by atoms with Gasteiger partial charge in [-0.2, -0.15) is 0 Å². The molecule has 0 fully saturated rings. The average molecular weight is 311 g/mol. The normalized spacial score (nSPS) is 13.4. The van der Waals surface area contributed by atoms with Gasteiger partial charge in [-0.15, -0.1) is 0 Å². The van der Waals surface area contributed by atoms with Crippen LogP contribution in [0.3, 0.4) is 0 Å². The van der Waals surface area contributed by atoms with Gasteiger partial charge in [-0.1, -0.05) is 18.5 Å². The second-order valence-electron chi connectivity index (χ2n) is 3.52. The number of hydrogen-bond donors (Lipinski definition) is 2. The van der Waals surface area contributed by atoms with Gasteiger partial charge in [-0.05, 0) is 18.2 Å². The summed E-state index contributed by atoms with van der Waals surface area (Å²) in [5, 5.41) is 0.0686. The molecule has 1 unspecified atom stereocenters. The molecule has 1 aromatic carbocycles. The van der Waals surface area contributed by atoms with Crippen molar-refractivity contribution in [3.8, 4) is 0 Å². The highest BCUT2D eigenvalue weighted by Gasteiger charge is 2.17. The summed E-state index contributed by atoms with van der Waals surface area (Å²) in [6.45, 7) is 1.89. The van der Waals surface area contributed by atoms with Gasteiger partial charge in [0, 0.05) is 34.5 Å². The van der Waals surface area contributed by atoms with E-state index in [1.807, 2.05) is 0 Å². The van der Waals surface area contributed by atoms with Crippen LogP contribution in [0.1, 0.15) is 6.92 Å². The first-order valence-corrected chi connectivity index (χ1v) is 8.61. The van der Waals surface area contributed by atoms with Gasteiger partial charge < -0.3 is 5.73 Å². The van der Waals surface area contributed by atoms with Crippen molar-refractivity contribution < 1.29 is 12.6 Å². The molecule has 5 nitrogen and oxygen atoms in total. The van der Waals surface area contributed by atoms with Crippen molar-refractivity contribution in [1.82, 2.24) is 4.72 Å². The zero-order valence-corrected chi connectivity index (χ0v) is 12.2. The van der Waals surface area contributed by atoms with Crippen LogP contribution in [0.2, 0.25) is 5.02 Å². The maximum absolute atomic E-state index is 11.9. The SMILES string of the molecule is CCS(=O)CCNS(=O)(=O)c1ccc(N)cc1Cl. The van der Waals surface area contributed by atoms with Crippen LogP contribution in [-0.4, -0.2) is 30.7 Å². The lowest BCUT2D eigenvalue weighted by molar-refractivity contribution is 0.584. The predicted molar refractivity (Wildman–Crippen MR) is 74.6 cm³/mol. The largest absolute Gasteiger partial charge is 0.399 e. The van der Waals surface area contributed by atoms with Crippen molar-refractivity contribution in [3.63, 3.8) is 0 Å². The molecular weight excluding hydrogens is 296 g/mol. The predicted octanol–water partition coefficient (Wildman–Crippen LogP) is 0.969. The highest BCUT2D eigenvalue weighted by Crippen LogP contribution is 2.23. The Kier molecular flexibility index (Phi) is 5.58. The molecule has 0 radical (unpaired) electrons. The molecule has 0 bridgehead atoms. The Morgan fingerprint density at radius 3 is 2.67 bits per heavy atom. The van der Waals surface area contributed by atoms with Gasteiger partial charge in [0.15, 0.2) is 0 Å². The minimum atomic E-state index is -3.68. The lowest BCUT2D eigenvalue weighted by Gasteiger charge is -2.08. The summed E-state index contributed by atoms with van der Waals surface area (Å²) in [7, 11) is -4.69. The van der Waals surface area contributed by atoms with Crippen molar-refractivity contribution in [2.45, 2.75) is 11.8 Å². The first-order chi connectivity index (χ1) is 8.36. The summed E-state index contributed by atoms with van der Waals surface area (Å²) in [5.41, 5.74) is 5.88. The monoisotopic (exact) mass is 310 g/mol. The molecule has 0 aromatic heterocycles. The number of sulfonamides is 1. The summed E-state index contributed by atoms with van der Waals surface area (Å²) in [5.74, 6) is 0.784. The van der Waals surface area contributed by atoms with E-state index >= 15 is 0 Å². The van der Waals surface area contributed by atoms with E-state index < -0.39 is 20.8 Å². The number of benzene rings is 1. The first-order valence-electron chi connectivity index (χ1n) is 5.26. The molecule has 1 aromatic rings. The first kappa shape index (κ1) is 15.4. The summed E-state index contributed by atoms with van der Waals surface area (Å²) < 4.78 is 37.3. The number of halogens is 1. The Morgan fingerprint density at radius 1 is 1.44 bits per heavy atom. The third kappa shape index (κ3) is 4.24. The van der Waals surface area contributed by atoms with Crippen LogP contribution < -0.4 is 10.5 Å². The molecule has 0 aliphatic rings. The summed E-state index contributed by atoms with van der Waals surface area (Å²) in [4.78, 5) is -0.0272. The molecule has 0 saturated carbocycles. The Morgan fingerprint density at radius 2 is 2.11 bits per heavy atom. The van der Waals surface area contributed by atoms with Crippen LogP contribution in [0.4, 0.5) is 5.69 Å². The van der Waals surface area contributed by atoms with Gasteiger partial charge in [-0.25, -0.2) is 13.1 Å². The lowest BCUT2D eigenvalue weighted by Crippen LogP contribution is -2.28. The number of rotatable bonds is 6. The van der Waals surface area contributed by atoms with E-state index in [2.05, 4.69) is 4.72 Å². The molecule has 0 amide bonds. The Labute approximate surface area is 114 Å². The van der Waals surface area contributed by atoms with Gasteiger partial charge in [0.2, 0.25) is 10.0 Å². The van der Waals surface area contributed by atoms with E-state index in [1.54, 1.807) is 6.92 Å². The van der Waals surface area contributed by atoms with Crippen molar-refractivity contribution >= 4 is 38.1 Å². The quantitative estimate of drug-likeness (QED) is 0.766. The van der Waals surface area contributed by atoms with Crippen LogP contribution in [0, 0.1) is 0 Å². The van der Waals surface area contributed by atoms with Crippen molar-refractivity contribution in [2.75, 3.05) is 23.8 Å². The molecule has 102 valence electrons. The fraction of sp³-hybridized carbons (Fsp3) is 0.400. The van der Waals surface area contributed by atoms with Gasteiger partial charge in [-0.3, -0.25) is 4.21 Å². The highest BCUT2D eigenvalue weighted by molar-refractivity contribution is 7.89. The van der Waals surface area contributed by atoms with Crippen LogP contribution in [0.25, 0.3) is 0 Å². The summed E-state index contributed by atoms with van der Waals surface area (Å²) >= 11 is 5.82. The second-order valence-corrected chi connectivity index (χ2v) is 7.53. The molecule has 3 N–H and O–H groups in total.